The summed E-state index contributed by atoms with van der Waals surface area (Å²) < 4.78 is 7.14. The molecule has 0 atom stereocenters. The number of halogens is 3. The first kappa shape index (κ1) is 23.3. The number of hydrogen-bond donors (Lipinski definition) is 2. The van der Waals surface area contributed by atoms with Crippen molar-refractivity contribution in [1.29, 1.82) is 0 Å². The molecular weight excluding hydrogens is 435 g/mol. The summed E-state index contributed by atoms with van der Waals surface area (Å²) >= 11 is 3.57. The van der Waals surface area contributed by atoms with Crippen LogP contribution in [0.3, 0.4) is 0 Å². The summed E-state index contributed by atoms with van der Waals surface area (Å²) in [5.74, 6) is 1.74. The molecule has 1 heterocycles. The maximum atomic E-state index is 6.05. The predicted octanol–water partition coefficient (Wildman–Crippen LogP) is 4.96. The van der Waals surface area contributed by atoms with Crippen molar-refractivity contribution in [2.75, 3.05) is 19.6 Å². The first-order valence-corrected chi connectivity index (χ1v) is 9.47. The lowest BCUT2D eigenvalue weighted by molar-refractivity contribution is 0.300. The van der Waals surface area contributed by atoms with Crippen LogP contribution in [-0.2, 0) is 13.2 Å². The summed E-state index contributed by atoms with van der Waals surface area (Å²) in [6.07, 6.45) is 2.53. The topological polar surface area (TPSA) is 33.3 Å². The average Bonchev–Trinajstić information content (AvgIpc) is 2.63. The number of rotatable bonds is 7. The summed E-state index contributed by atoms with van der Waals surface area (Å²) in [6.45, 7) is 4.81. The van der Waals surface area contributed by atoms with E-state index in [1.807, 2.05) is 24.3 Å². The lowest BCUT2D eigenvalue weighted by Gasteiger charge is -2.23. The van der Waals surface area contributed by atoms with E-state index in [4.69, 9.17) is 4.74 Å². The van der Waals surface area contributed by atoms with Crippen molar-refractivity contribution in [3.05, 3.63) is 64.1 Å². The van der Waals surface area contributed by atoms with E-state index in [1.54, 1.807) is 0 Å². The molecule has 3 nitrogen and oxygen atoms in total. The molecule has 0 amide bonds. The van der Waals surface area contributed by atoms with Crippen LogP contribution in [-0.4, -0.2) is 19.6 Å². The Labute approximate surface area is 177 Å². The van der Waals surface area contributed by atoms with E-state index in [0.29, 0.717) is 6.61 Å². The minimum atomic E-state index is 0. The quantitative estimate of drug-likeness (QED) is 0.611. The Kier molecular flexibility index (Phi) is 11.3. The van der Waals surface area contributed by atoms with Gasteiger partial charge in [0.25, 0.3) is 0 Å². The Morgan fingerprint density at radius 3 is 2.50 bits per heavy atom. The third-order valence-corrected chi connectivity index (χ3v) is 4.96. The molecule has 144 valence electrons. The van der Waals surface area contributed by atoms with Crippen molar-refractivity contribution in [3.63, 3.8) is 0 Å². The van der Waals surface area contributed by atoms with Crippen molar-refractivity contribution in [2.45, 2.75) is 26.0 Å². The van der Waals surface area contributed by atoms with E-state index < -0.39 is 0 Å². The second kappa shape index (κ2) is 12.6. The van der Waals surface area contributed by atoms with Gasteiger partial charge in [-0.15, -0.1) is 24.8 Å². The molecule has 0 unspecified atom stereocenters. The highest BCUT2D eigenvalue weighted by atomic mass is 79.9. The lowest BCUT2D eigenvalue weighted by Crippen LogP contribution is -2.33. The van der Waals surface area contributed by atoms with Crippen LogP contribution in [0.25, 0.3) is 0 Å². The van der Waals surface area contributed by atoms with Crippen LogP contribution in [0.1, 0.15) is 24.0 Å². The van der Waals surface area contributed by atoms with Crippen LogP contribution in [0, 0.1) is 5.92 Å². The third kappa shape index (κ3) is 7.45. The highest BCUT2D eigenvalue weighted by molar-refractivity contribution is 9.10. The standard InChI is InChI=1S/C20H25BrN2O.2ClH/c21-19-6-7-20(24-15-17-4-2-1-3-5-17)18(12-19)14-23-13-16-8-10-22-11-9-16;;/h1-7,12,16,22-23H,8-11,13-15H2;2*1H. The van der Waals surface area contributed by atoms with Crippen LogP contribution in [0.4, 0.5) is 0 Å². The van der Waals surface area contributed by atoms with Crippen LogP contribution < -0.4 is 15.4 Å². The molecule has 0 aromatic heterocycles. The van der Waals surface area contributed by atoms with Gasteiger partial charge in [-0.05, 0) is 62.2 Å². The lowest BCUT2D eigenvalue weighted by atomic mass is 9.98. The van der Waals surface area contributed by atoms with Gasteiger partial charge in [-0.3, -0.25) is 0 Å². The van der Waals surface area contributed by atoms with E-state index in [1.165, 1.54) is 24.0 Å². The van der Waals surface area contributed by atoms with Crippen molar-refractivity contribution >= 4 is 40.7 Å². The largest absolute Gasteiger partial charge is 0.489 e. The molecule has 0 bridgehead atoms. The maximum absolute atomic E-state index is 6.05. The molecule has 2 aromatic rings. The fraction of sp³-hybridized carbons (Fsp3) is 0.400. The van der Waals surface area contributed by atoms with Gasteiger partial charge in [0.2, 0.25) is 0 Å². The minimum Gasteiger partial charge on any atom is -0.489 e. The van der Waals surface area contributed by atoms with Gasteiger partial charge >= 0.3 is 0 Å². The zero-order valence-electron chi connectivity index (χ0n) is 14.7. The average molecular weight is 462 g/mol. The van der Waals surface area contributed by atoms with Crippen LogP contribution in [0.15, 0.2) is 53.0 Å². The van der Waals surface area contributed by atoms with Crippen LogP contribution in [0.2, 0.25) is 0 Å². The second-order valence-corrected chi connectivity index (χ2v) is 7.27. The predicted molar refractivity (Wildman–Crippen MR) is 117 cm³/mol. The smallest absolute Gasteiger partial charge is 0.124 e. The van der Waals surface area contributed by atoms with Gasteiger partial charge in [-0.1, -0.05) is 46.3 Å². The molecule has 1 aliphatic rings. The molecule has 1 aliphatic heterocycles. The van der Waals surface area contributed by atoms with Crippen molar-refractivity contribution < 1.29 is 4.74 Å². The van der Waals surface area contributed by atoms with Crippen molar-refractivity contribution in [2.24, 2.45) is 5.92 Å². The van der Waals surface area contributed by atoms with Gasteiger partial charge in [-0.25, -0.2) is 0 Å². The highest BCUT2D eigenvalue weighted by Gasteiger charge is 2.13. The van der Waals surface area contributed by atoms with Crippen molar-refractivity contribution in [1.82, 2.24) is 10.6 Å². The Balaban J connectivity index is 0.00000169. The highest BCUT2D eigenvalue weighted by Crippen LogP contribution is 2.24. The number of benzene rings is 2. The van der Waals surface area contributed by atoms with Gasteiger partial charge in [-0.2, -0.15) is 0 Å². The molecule has 1 saturated heterocycles. The summed E-state index contributed by atoms with van der Waals surface area (Å²) in [6, 6.07) is 16.5. The molecule has 0 aliphatic carbocycles. The minimum absolute atomic E-state index is 0. The van der Waals surface area contributed by atoms with Gasteiger partial charge in [0.15, 0.2) is 0 Å². The normalized spacial score (nSPS) is 14.2. The Morgan fingerprint density at radius 2 is 1.77 bits per heavy atom. The molecular formula is C20H27BrCl2N2O. The monoisotopic (exact) mass is 460 g/mol. The van der Waals surface area contributed by atoms with Gasteiger partial charge in [0, 0.05) is 16.6 Å². The molecule has 26 heavy (non-hydrogen) atoms. The van der Waals surface area contributed by atoms with Gasteiger partial charge < -0.3 is 15.4 Å². The zero-order valence-corrected chi connectivity index (χ0v) is 18.0. The van der Waals surface area contributed by atoms with E-state index in [2.05, 4.69) is 50.8 Å². The zero-order chi connectivity index (χ0) is 16.6. The van der Waals surface area contributed by atoms with E-state index in [0.717, 1.165) is 42.3 Å². The number of piperidine rings is 1. The molecule has 0 saturated carbocycles. The molecule has 6 heteroatoms. The Hall–Kier alpha value is -0.780. The summed E-state index contributed by atoms with van der Waals surface area (Å²) in [5, 5.41) is 7.03. The fourth-order valence-electron chi connectivity index (χ4n) is 3.06. The van der Waals surface area contributed by atoms with Gasteiger partial charge in [0.05, 0.1) is 0 Å². The molecule has 0 spiro atoms. The summed E-state index contributed by atoms with van der Waals surface area (Å²) in [4.78, 5) is 0. The van der Waals surface area contributed by atoms with E-state index >= 15 is 0 Å². The van der Waals surface area contributed by atoms with E-state index in [9.17, 15) is 0 Å². The molecule has 3 rings (SSSR count). The van der Waals surface area contributed by atoms with Gasteiger partial charge in [0.1, 0.15) is 12.4 Å². The number of nitrogens with one attached hydrogen (secondary N) is 2. The summed E-state index contributed by atoms with van der Waals surface area (Å²) in [7, 11) is 0. The van der Waals surface area contributed by atoms with E-state index in [-0.39, 0.29) is 24.8 Å². The maximum Gasteiger partial charge on any atom is 0.124 e. The molecule has 2 N–H and O–H groups in total. The SMILES string of the molecule is Brc1ccc(OCc2ccccc2)c(CNCC2CCNCC2)c1.Cl.Cl. The summed E-state index contributed by atoms with van der Waals surface area (Å²) in [5.41, 5.74) is 2.39. The molecule has 2 aromatic carbocycles. The molecule has 1 fully saturated rings. The fourth-order valence-corrected chi connectivity index (χ4v) is 3.47. The first-order valence-electron chi connectivity index (χ1n) is 8.68. The number of hydrogen-bond acceptors (Lipinski definition) is 3. The number of ether oxygens (including phenoxy) is 1. The van der Waals surface area contributed by atoms with Crippen LogP contribution in [0.5, 0.6) is 5.75 Å². The Bertz CT molecular complexity index is 637. The Morgan fingerprint density at radius 1 is 1.04 bits per heavy atom. The van der Waals surface area contributed by atoms with Crippen LogP contribution >= 0.6 is 40.7 Å². The third-order valence-electron chi connectivity index (χ3n) is 4.47. The second-order valence-electron chi connectivity index (χ2n) is 6.35. The first-order chi connectivity index (χ1) is 11.8. The molecule has 0 radical (unpaired) electrons. The van der Waals surface area contributed by atoms with Crippen molar-refractivity contribution in [3.8, 4) is 5.75 Å².